The maximum atomic E-state index is 4.44. The molecule has 0 saturated heterocycles. The number of hydrogen-bond acceptors (Lipinski definition) is 0. The van der Waals surface area contributed by atoms with E-state index in [1.54, 1.807) is 0 Å². The van der Waals surface area contributed by atoms with E-state index in [4.69, 9.17) is 0 Å². The van der Waals surface area contributed by atoms with Gasteiger partial charge in [-0.1, -0.05) is 74.4 Å². The minimum absolute atomic E-state index is 0.567. The van der Waals surface area contributed by atoms with Crippen LogP contribution in [-0.2, 0) is 0 Å². The fraction of sp³-hybridized carbons (Fsp3) is 0.529. The van der Waals surface area contributed by atoms with Crippen molar-refractivity contribution in [1.82, 2.24) is 0 Å². The van der Waals surface area contributed by atoms with E-state index in [1.807, 2.05) is 0 Å². The molecule has 1 aromatic rings. The molecule has 1 atom stereocenters. The highest BCUT2D eigenvalue weighted by Gasteiger charge is 2.25. The average Bonchev–Trinajstić information content (AvgIpc) is 2.30. The lowest BCUT2D eigenvalue weighted by Gasteiger charge is -2.29. The number of rotatable bonds is 6. The molecular formula is C17H28Si. The number of hydrogen-bond donors (Lipinski definition) is 0. The summed E-state index contributed by atoms with van der Waals surface area (Å²) >= 11 is 0. The number of unbranched alkanes of at least 4 members (excludes halogenated alkanes) is 1. The molecule has 0 heterocycles. The van der Waals surface area contributed by atoms with Gasteiger partial charge in [-0.05, 0) is 18.9 Å². The zero-order chi connectivity index (χ0) is 13.8. The van der Waals surface area contributed by atoms with Crippen LogP contribution in [-0.4, -0.2) is 8.07 Å². The quantitative estimate of drug-likeness (QED) is 0.575. The van der Waals surface area contributed by atoms with Gasteiger partial charge in [-0.15, -0.1) is 6.58 Å². The van der Waals surface area contributed by atoms with Crippen LogP contribution in [0.25, 0.3) is 0 Å². The number of aryl methyl sites for hydroxylation is 1. The SMILES string of the molecule is C=C(C(CCCC)c1ccc(C)cc1)[Si](C)(C)C. The lowest BCUT2D eigenvalue weighted by atomic mass is 9.93. The standard InChI is InChI=1S/C17H28Si/c1-7-8-9-17(15(3)18(4,5)6)16-12-10-14(2)11-13-16/h10-13,17H,3,7-9H2,1-2,4-6H3. The van der Waals surface area contributed by atoms with Crippen molar-refractivity contribution >= 4 is 8.07 Å². The van der Waals surface area contributed by atoms with Gasteiger partial charge >= 0.3 is 0 Å². The fourth-order valence-electron chi connectivity index (χ4n) is 2.27. The summed E-state index contributed by atoms with van der Waals surface area (Å²) < 4.78 is 0. The highest BCUT2D eigenvalue weighted by Crippen LogP contribution is 2.34. The first kappa shape index (κ1) is 15.2. The van der Waals surface area contributed by atoms with Gasteiger partial charge in [0.2, 0.25) is 0 Å². The van der Waals surface area contributed by atoms with Crippen LogP contribution in [0.2, 0.25) is 19.6 Å². The lowest BCUT2D eigenvalue weighted by molar-refractivity contribution is 0.655. The molecule has 0 fully saturated rings. The highest BCUT2D eigenvalue weighted by atomic mass is 28.3. The monoisotopic (exact) mass is 260 g/mol. The van der Waals surface area contributed by atoms with Crippen LogP contribution in [0.4, 0.5) is 0 Å². The molecule has 1 aromatic carbocycles. The Morgan fingerprint density at radius 3 is 2.17 bits per heavy atom. The summed E-state index contributed by atoms with van der Waals surface area (Å²) in [7, 11) is -1.26. The highest BCUT2D eigenvalue weighted by molar-refractivity contribution is 6.83. The minimum Gasteiger partial charge on any atom is -0.103 e. The minimum atomic E-state index is -1.26. The molecule has 0 radical (unpaired) electrons. The lowest BCUT2D eigenvalue weighted by Crippen LogP contribution is -2.27. The Kier molecular flexibility index (Phi) is 5.40. The van der Waals surface area contributed by atoms with Crippen molar-refractivity contribution in [3.8, 4) is 0 Å². The van der Waals surface area contributed by atoms with Crippen LogP contribution in [0.15, 0.2) is 36.0 Å². The molecule has 1 heteroatoms. The predicted molar refractivity (Wildman–Crippen MR) is 85.9 cm³/mol. The van der Waals surface area contributed by atoms with E-state index in [0.29, 0.717) is 5.92 Å². The molecule has 1 unspecified atom stereocenters. The molecule has 1 rings (SSSR count). The van der Waals surface area contributed by atoms with E-state index >= 15 is 0 Å². The topological polar surface area (TPSA) is 0 Å². The summed E-state index contributed by atoms with van der Waals surface area (Å²) in [5.41, 5.74) is 2.80. The average molecular weight is 260 g/mol. The Morgan fingerprint density at radius 2 is 1.72 bits per heavy atom. The molecule has 0 amide bonds. The summed E-state index contributed by atoms with van der Waals surface area (Å²) in [6, 6.07) is 9.04. The Hall–Kier alpha value is -0.823. The Balaban J connectivity index is 2.98. The fourth-order valence-corrected chi connectivity index (χ4v) is 3.63. The second-order valence-electron chi connectivity index (χ2n) is 6.38. The summed E-state index contributed by atoms with van der Waals surface area (Å²) in [5.74, 6) is 0.567. The van der Waals surface area contributed by atoms with E-state index in [-0.39, 0.29) is 0 Å². The van der Waals surface area contributed by atoms with E-state index in [0.717, 1.165) is 0 Å². The molecule has 0 saturated carbocycles. The summed E-state index contributed by atoms with van der Waals surface area (Å²) in [5, 5.41) is 1.50. The van der Waals surface area contributed by atoms with Crippen LogP contribution < -0.4 is 0 Å². The van der Waals surface area contributed by atoms with Crippen molar-refractivity contribution in [2.75, 3.05) is 0 Å². The van der Waals surface area contributed by atoms with Gasteiger partial charge in [0.1, 0.15) is 0 Å². The third kappa shape index (κ3) is 4.13. The van der Waals surface area contributed by atoms with E-state index in [1.165, 1.54) is 35.6 Å². The molecule has 0 aliphatic heterocycles. The summed E-state index contributed by atoms with van der Waals surface area (Å²) in [6.07, 6.45) is 3.81. The normalized spacial score (nSPS) is 13.4. The van der Waals surface area contributed by atoms with Gasteiger partial charge < -0.3 is 0 Å². The maximum Gasteiger partial charge on any atom is 0.0724 e. The molecule has 0 spiro atoms. The predicted octanol–water partition coefficient (Wildman–Crippen LogP) is 5.70. The largest absolute Gasteiger partial charge is 0.103 e. The molecule has 0 aliphatic carbocycles. The van der Waals surface area contributed by atoms with Crippen molar-refractivity contribution in [1.29, 1.82) is 0 Å². The van der Waals surface area contributed by atoms with Crippen LogP contribution in [0, 0.1) is 6.92 Å². The Labute approximate surface area is 114 Å². The van der Waals surface area contributed by atoms with Crippen LogP contribution in [0.5, 0.6) is 0 Å². The van der Waals surface area contributed by atoms with E-state index < -0.39 is 8.07 Å². The van der Waals surface area contributed by atoms with Gasteiger partial charge in [-0.3, -0.25) is 0 Å². The summed E-state index contributed by atoms with van der Waals surface area (Å²) in [6.45, 7) is 16.1. The third-order valence-electron chi connectivity index (χ3n) is 3.71. The zero-order valence-electron chi connectivity index (χ0n) is 12.7. The maximum absolute atomic E-state index is 4.44. The molecule has 100 valence electrons. The smallest absolute Gasteiger partial charge is 0.0724 e. The Morgan fingerprint density at radius 1 is 1.17 bits per heavy atom. The van der Waals surface area contributed by atoms with Gasteiger partial charge in [0.25, 0.3) is 0 Å². The van der Waals surface area contributed by atoms with Crippen molar-refractivity contribution < 1.29 is 0 Å². The number of benzene rings is 1. The van der Waals surface area contributed by atoms with E-state index in [2.05, 4.69) is 64.3 Å². The Bertz CT molecular complexity index is 381. The second-order valence-corrected chi connectivity index (χ2v) is 11.5. The van der Waals surface area contributed by atoms with Crippen molar-refractivity contribution in [3.05, 3.63) is 47.2 Å². The third-order valence-corrected chi connectivity index (χ3v) is 5.99. The van der Waals surface area contributed by atoms with Crippen molar-refractivity contribution in [2.24, 2.45) is 0 Å². The first-order valence-corrected chi connectivity index (χ1v) is 10.6. The zero-order valence-corrected chi connectivity index (χ0v) is 13.7. The van der Waals surface area contributed by atoms with Gasteiger partial charge in [0.05, 0.1) is 8.07 Å². The van der Waals surface area contributed by atoms with Gasteiger partial charge in [-0.2, -0.15) is 0 Å². The van der Waals surface area contributed by atoms with Gasteiger partial charge in [0.15, 0.2) is 0 Å². The molecular weight excluding hydrogens is 232 g/mol. The second kappa shape index (κ2) is 6.37. The number of allylic oxidation sites excluding steroid dienone is 1. The van der Waals surface area contributed by atoms with Crippen LogP contribution >= 0.6 is 0 Å². The molecule has 18 heavy (non-hydrogen) atoms. The van der Waals surface area contributed by atoms with Crippen LogP contribution in [0.3, 0.4) is 0 Å². The first-order valence-electron chi connectivity index (χ1n) is 7.12. The molecule has 0 nitrogen and oxygen atoms in total. The molecule has 0 aromatic heterocycles. The molecule has 0 aliphatic rings. The van der Waals surface area contributed by atoms with Crippen LogP contribution in [0.1, 0.15) is 43.2 Å². The van der Waals surface area contributed by atoms with Crippen molar-refractivity contribution in [3.63, 3.8) is 0 Å². The van der Waals surface area contributed by atoms with Gasteiger partial charge in [0, 0.05) is 5.92 Å². The van der Waals surface area contributed by atoms with E-state index in [9.17, 15) is 0 Å². The molecule has 0 N–H and O–H groups in total. The van der Waals surface area contributed by atoms with Gasteiger partial charge in [-0.25, -0.2) is 0 Å². The van der Waals surface area contributed by atoms with Crippen molar-refractivity contribution in [2.45, 2.75) is 58.7 Å². The molecule has 0 bridgehead atoms. The summed E-state index contributed by atoms with van der Waals surface area (Å²) in [4.78, 5) is 0. The first-order chi connectivity index (χ1) is 8.36.